The molecule has 3 amide bonds. The van der Waals surface area contributed by atoms with E-state index in [1.807, 2.05) is 39.0 Å². The number of thiophene rings is 1. The maximum Gasteiger partial charge on any atom is 0.319 e. The Balaban J connectivity index is 1.98. The van der Waals surface area contributed by atoms with Crippen molar-refractivity contribution in [3.8, 4) is 0 Å². The molecule has 116 valence electrons. The van der Waals surface area contributed by atoms with Crippen LogP contribution in [0.4, 0.5) is 10.5 Å². The highest BCUT2D eigenvalue weighted by molar-refractivity contribution is 7.14. The standard InChI is InChI=1S/C16H19N3O2S/c1-9-4-5-12(8-10(9)2)19-16(21)18-11(3)13-6-7-14(22-13)15(17)20/h4-8,11H,1-3H3,(H2,17,20)(H2,18,19,21). The number of carbonyl (C=O) groups is 2. The van der Waals surface area contributed by atoms with Crippen molar-refractivity contribution in [3.63, 3.8) is 0 Å². The molecule has 0 fully saturated rings. The largest absolute Gasteiger partial charge is 0.365 e. The van der Waals surface area contributed by atoms with Gasteiger partial charge in [0.05, 0.1) is 10.9 Å². The van der Waals surface area contributed by atoms with Crippen LogP contribution >= 0.6 is 11.3 Å². The minimum atomic E-state index is -0.456. The number of nitrogens with two attached hydrogens (primary N) is 1. The summed E-state index contributed by atoms with van der Waals surface area (Å²) in [6.07, 6.45) is 0. The molecular formula is C16H19N3O2S. The Morgan fingerprint density at radius 2 is 1.86 bits per heavy atom. The van der Waals surface area contributed by atoms with E-state index in [-0.39, 0.29) is 12.1 Å². The number of anilines is 1. The monoisotopic (exact) mass is 317 g/mol. The first-order valence-electron chi connectivity index (χ1n) is 6.91. The summed E-state index contributed by atoms with van der Waals surface area (Å²) >= 11 is 1.28. The average molecular weight is 317 g/mol. The highest BCUT2D eigenvalue weighted by atomic mass is 32.1. The molecule has 1 aromatic carbocycles. The number of primary amides is 1. The van der Waals surface area contributed by atoms with Gasteiger partial charge in [0.2, 0.25) is 0 Å². The van der Waals surface area contributed by atoms with Crippen molar-refractivity contribution in [2.75, 3.05) is 5.32 Å². The van der Waals surface area contributed by atoms with Gasteiger partial charge in [0, 0.05) is 10.6 Å². The van der Waals surface area contributed by atoms with Crippen LogP contribution in [-0.4, -0.2) is 11.9 Å². The summed E-state index contributed by atoms with van der Waals surface area (Å²) in [6.45, 7) is 5.88. The molecule has 0 aliphatic carbocycles. The fraction of sp³-hybridized carbons (Fsp3) is 0.250. The molecule has 0 aliphatic heterocycles. The van der Waals surface area contributed by atoms with Crippen LogP contribution in [0.5, 0.6) is 0 Å². The summed E-state index contributed by atoms with van der Waals surface area (Å²) < 4.78 is 0. The minimum absolute atomic E-state index is 0.204. The van der Waals surface area contributed by atoms with Gasteiger partial charge in [0.25, 0.3) is 5.91 Å². The van der Waals surface area contributed by atoms with Crippen molar-refractivity contribution in [2.45, 2.75) is 26.8 Å². The van der Waals surface area contributed by atoms with Crippen LogP contribution in [0, 0.1) is 13.8 Å². The lowest BCUT2D eigenvalue weighted by atomic mass is 10.1. The normalized spacial score (nSPS) is 11.8. The van der Waals surface area contributed by atoms with Gasteiger partial charge in [-0.05, 0) is 56.2 Å². The summed E-state index contributed by atoms with van der Waals surface area (Å²) in [7, 11) is 0. The van der Waals surface area contributed by atoms with E-state index >= 15 is 0 Å². The van der Waals surface area contributed by atoms with Crippen molar-refractivity contribution in [1.82, 2.24) is 5.32 Å². The fourth-order valence-corrected chi connectivity index (χ4v) is 2.83. The van der Waals surface area contributed by atoms with Crippen LogP contribution < -0.4 is 16.4 Å². The number of rotatable bonds is 4. The Hall–Kier alpha value is -2.34. The molecule has 0 radical (unpaired) electrons. The maximum atomic E-state index is 12.0. The molecule has 0 spiro atoms. The molecule has 0 aliphatic rings. The van der Waals surface area contributed by atoms with Crippen molar-refractivity contribution < 1.29 is 9.59 Å². The first-order valence-corrected chi connectivity index (χ1v) is 7.73. The molecule has 6 heteroatoms. The van der Waals surface area contributed by atoms with E-state index in [0.29, 0.717) is 4.88 Å². The van der Waals surface area contributed by atoms with Gasteiger partial charge >= 0.3 is 6.03 Å². The van der Waals surface area contributed by atoms with Crippen LogP contribution in [0.2, 0.25) is 0 Å². The number of hydrogen-bond donors (Lipinski definition) is 3. The summed E-state index contributed by atoms with van der Waals surface area (Å²) in [5, 5.41) is 5.64. The lowest BCUT2D eigenvalue weighted by Gasteiger charge is -2.14. The molecule has 1 unspecified atom stereocenters. The van der Waals surface area contributed by atoms with Gasteiger partial charge in [0.1, 0.15) is 0 Å². The molecular weight excluding hydrogens is 298 g/mol. The van der Waals surface area contributed by atoms with E-state index in [2.05, 4.69) is 10.6 Å². The van der Waals surface area contributed by atoms with E-state index in [1.54, 1.807) is 12.1 Å². The van der Waals surface area contributed by atoms with Crippen molar-refractivity contribution >= 4 is 29.0 Å². The maximum absolute atomic E-state index is 12.0. The third-order valence-electron chi connectivity index (χ3n) is 3.41. The molecule has 22 heavy (non-hydrogen) atoms. The predicted octanol–water partition coefficient (Wildman–Crippen LogP) is 3.35. The zero-order chi connectivity index (χ0) is 16.3. The first-order chi connectivity index (χ1) is 10.4. The highest BCUT2D eigenvalue weighted by Gasteiger charge is 2.13. The van der Waals surface area contributed by atoms with Gasteiger partial charge < -0.3 is 16.4 Å². The lowest BCUT2D eigenvalue weighted by molar-refractivity contribution is 0.100. The fourth-order valence-electron chi connectivity index (χ4n) is 1.97. The van der Waals surface area contributed by atoms with E-state index in [1.165, 1.54) is 16.9 Å². The summed E-state index contributed by atoms with van der Waals surface area (Å²) in [5.74, 6) is -0.456. The Bertz CT molecular complexity index is 709. The SMILES string of the molecule is Cc1ccc(NC(=O)NC(C)c2ccc(C(N)=O)s2)cc1C. The molecule has 5 nitrogen and oxygen atoms in total. The molecule has 0 bridgehead atoms. The lowest BCUT2D eigenvalue weighted by Crippen LogP contribution is -2.30. The molecule has 4 N–H and O–H groups in total. The van der Waals surface area contributed by atoms with Gasteiger partial charge in [-0.2, -0.15) is 0 Å². The van der Waals surface area contributed by atoms with Crippen LogP contribution in [0.25, 0.3) is 0 Å². The van der Waals surface area contributed by atoms with Gasteiger partial charge in [-0.15, -0.1) is 11.3 Å². The van der Waals surface area contributed by atoms with Gasteiger partial charge in [-0.3, -0.25) is 4.79 Å². The van der Waals surface area contributed by atoms with Crippen LogP contribution in [-0.2, 0) is 0 Å². The van der Waals surface area contributed by atoms with Crippen molar-refractivity contribution in [2.24, 2.45) is 5.73 Å². The number of amides is 3. The van der Waals surface area contributed by atoms with E-state index < -0.39 is 5.91 Å². The number of carbonyl (C=O) groups excluding carboxylic acids is 2. The summed E-state index contributed by atoms with van der Waals surface area (Å²) in [6, 6.07) is 8.73. The Morgan fingerprint density at radius 1 is 1.14 bits per heavy atom. The zero-order valence-corrected chi connectivity index (χ0v) is 13.6. The van der Waals surface area contributed by atoms with Gasteiger partial charge in [0.15, 0.2) is 0 Å². The number of benzene rings is 1. The van der Waals surface area contributed by atoms with Crippen LogP contribution in [0.3, 0.4) is 0 Å². The van der Waals surface area contributed by atoms with Crippen LogP contribution in [0.15, 0.2) is 30.3 Å². The molecule has 1 aromatic heterocycles. The topological polar surface area (TPSA) is 84.2 Å². The average Bonchev–Trinajstić information content (AvgIpc) is 2.93. The predicted molar refractivity (Wildman–Crippen MR) is 89.3 cm³/mol. The van der Waals surface area contributed by atoms with E-state index in [4.69, 9.17) is 5.73 Å². The number of nitrogens with one attached hydrogen (secondary N) is 2. The Labute approximate surface area is 133 Å². The van der Waals surface area contributed by atoms with Gasteiger partial charge in [-0.25, -0.2) is 4.79 Å². The molecule has 1 atom stereocenters. The van der Waals surface area contributed by atoms with Crippen molar-refractivity contribution in [3.05, 3.63) is 51.2 Å². The number of hydrogen-bond acceptors (Lipinski definition) is 3. The molecule has 1 heterocycles. The van der Waals surface area contributed by atoms with E-state index in [0.717, 1.165) is 16.1 Å². The molecule has 2 rings (SSSR count). The molecule has 2 aromatic rings. The second-order valence-electron chi connectivity index (χ2n) is 5.19. The minimum Gasteiger partial charge on any atom is -0.365 e. The Morgan fingerprint density at radius 3 is 2.45 bits per heavy atom. The molecule has 0 saturated heterocycles. The third-order valence-corrected chi connectivity index (χ3v) is 4.69. The second kappa shape index (κ2) is 6.62. The summed E-state index contributed by atoms with van der Waals surface area (Å²) in [5.41, 5.74) is 8.27. The zero-order valence-electron chi connectivity index (χ0n) is 12.8. The number of urea groups is 1. The number of aryl methyl sites for hydroxylation is 2. The van der Waals surface area contributed by atoms with Gasteiger partial charge in [-0.1, -0.05) is 6.07 Å². The first kappa shape index (κ1) is 16.0. The quantitative estimate of drug-likeness (QED) is 0.808. The molecule has 0 saturated carbocycles. The highest BCUT2D eigenvalue weighted by Crippen LogP contribution is 2.23. The summed E-state index contributed by atoms with van der Waals surface area (Å²) in [4.78, 5) is 24.5. The smallest absolute Gasteiger partial charge is 0.319 e. The van der Waals surface area contributed by atoms with E-state index in [9.17, 15) is 9.59 Å². The third kappa shape index (κ3) is 3.85. The van der Waals surface area contributed by atoms with Crippen LogP contribution in [0.1, 0.15) is 38.6 Å². The Kier molecular flexibility index (Phi) is 4.82. The second-order valence-corrected chi connectivity index (χ2v) is 6.30. The van der Waals surface area contributed by atoms with Crippen molar-refractivity contribution in [1.29, 1.82) is 0 Å².